The molecule has 5 nitrogen and oxygen atoms in total. The molecule has 0 bridgehead atoms. The van der Waals surface area contributed by atoms with E-state index in [0.29, 0.717) is 25.3 Å². The predicted octanol–water partition coefficient (Wildman–Crippen LogP) is 2.42. The van der Waals surface area contributed by atoms with Crippen molar-refractivity contribution in [1.29, 1.82) is 0 Å². The number of rotatable bonds is 4. The second-order valence-electron chi connectivity index (χ2n) is 6.10. The summed E-state index contributed by atoms with van der Waals surface area (Å²) >= 11 is 0. The summed E-state index contributed by atoms with van der Waals surface area (Å²) in [6.07, 6.45) is 1.39. The van der Waals surface area contributed by atoms with Gasteiger partial charge in [-0.3, -0.25) is 0 Å². The second-order valence-corrected chi connectivity index (χ2v) is 6.10. The fraction of sp³-hybridized carbons (Fsp3) is 0.444. The third kappa shape index (κ3) is 3.51. The Labute approximate surface area is 137 Å². The molecule has 0 spiro atoms. The lowest BCUT2D eigenvalue weighted by Gasteiger charge is -2.39. The Morgan fingerprint density at radius 1 is 1.17 bits per heavy atom. The number of hydrogen-bond acceptors (Lipinski definition) is 5. The number of piperidine rings is 1. The van der Waals surface area contributed by atoms with Crippen molar-refractivity contribution >= 4 is 5.82 Å². The van der Waals surface area contributed by atoms with Crippen LogP contribution in [0, 0.1) is 6.92 Å². The van der Waals surface area contributed by atoms with Crippen LogP contribution in [0.3, 0.4) is 0 Å². The van der Waals surface area contributed by atoms with Crippen LogP contribution < -0.4 is 4.90 Å². The first-order valence-corrected chi connectivity index (χ1v) is 7.97. The molecule has 3 rings (SSSR count). The smallest absolute Gasteiger partial charge is 0.156 e. The summed E-state index contributed by atoms with van der Waals surface area (Å²) < 4.78 is 5.13. The molecular formula is C18H23N3O2. The lowest BCUT2D eigenvalue weighted by atomic mass is 9.84. The SMILES string of the molecule is COCc1nc(C)cc(N2CCC(O)(c3ccccc3)CC2)n1. The van der Waals surface area contributed by atoms with Gasteiger partial charge in [-0.1, -0.05) is 30.3 Å². The van der Waals surface area contributed by atoms with Crippen LogP contribution in [-0.4, -0.2) is 35.3 Å². The van der Waals surface area contributed by atoms with Gasteiger partial charge in [0.15, 0.2) is 5.82 Å². The van der Waals surface area contributed by atoms with E-state index in [1.54, 1.807) is 7.11 Å². The molecule has 1 aliphatic rings. The quantitative estimate of drug-likeness (QED) is 0.939. The van der Waals surface area contributed by atoms with Gasteiger partial charge < -0.3 is 14.7 Å². The summed E-state index contributed by atoms with van der Waals surface area (Å²) in [6, 6.07) is 11.9. The van der Waals surface area contributed by atoms with Crippen molar-refractivity contribution in [3.63, 3.8) is 0 Å². The maximum absolute atomic E-state index is 10.9. The summed E-state index contributed by atoms with van der Waals surface area (Å²) in [5.41, 5.74) is 1.19. The van der Waals surface area contributed by atoms with Gasteiger partial charge in [0.05, 0.1) is 5.60 Å². The Balaban J connectivity index is 1.74. The minimum Gasteiger partial charge on any atom is -0.385 e. The van der Waals surface area contributed by atoms with Gasteiger partial charge in [-0.25, -0.2) is 9.97 Å². The van der Waals surface area contributed by atoms with E-state index in [0.717, 1.165) is 30.2 Å². The highest BCUT2D eigenvalue weighted by Gasteiger charge is 2.34. The summed E-state index contributed by atoms with van der Waals surface area (Å²) in [5, 5.41) is 10.9. The zero-order chi connectivity index (χ0) is 16.3. The van der Waals surface area contributed by atoms with Crippen LogP contribution in [0.15, 0.2) is 36.4 Å². The van der Waals surface area contributed by atoms with E-state index in [1.165, 1.54) is 0 Å². The van der Waals surface area contributed by atoms with Crippen molar-refractivity contribution in [2.24, 2.45) is 0 Å². The van der Waals surface area contributed by atoms with E-state index in [1.807, 2.05) is 43.3 Å². The molecule has 1 fully saturated rings. The zero-order valence-electron chi connectivity index (χ0n) is 13.7. The molecule has 122 valence electrons. The average molecular weight is 313 g/mol. The van der Waals surface area contributed by atoms with E-state index in [2.05, 4.69) is 14.9 Å². The molecule has 2 aromatic rings. The van der Waals surface area contributed by atoms with E-state index in [4.69, 9.17) is 4.74 Å². The highest BCUT2D eigenvalue weighted by atomic mass is 16.5. The van der Waals surface area contributed by atoms with Crippen LogP contribution in [0.1, 0.15) is 29.9 Å². The number of anilines is 1. The number of ether oxygens (including phenoxy) is 1. The van der Waals surface area contributed by atoms with Gasteiger partial charge in [0.2, 0.25) is 0 Å². The van der Waals surface area contributed by atoms with Crippen molar-refractivity contribution in [3.05, 3.63) is 53.5 Å². The normalized spacial score (nSPS) is 17.3. The maximum atomic E-state index is 10.9. The first-order chi connectivity index (χ1) is 11.1. The van der Waals surface area contributed by atoms with E-state index in [9.17, 15) is 5.11 Å². The molecule has 0 aliphatic carbocycles. The Kier molecular flexibility index (Phi) is 4.59. The van der Waals surface area contributed by atoms with Crippen LogP contribution in [0.25, 0.3) is 0 Å². The van der Waals surface area contributed by atoms with E-state index >= 15 is 0 Å². The second kappa shape index (κ2) is 6.64. The first kappa shape index (κ1) is 15.9. The molecule has 0 amide bonds. The molecule has 5 heteroatoms. The molecule has 2 heterocycles. The fourth-order valence-corrected chi connectivity index (χ4v) is 3.11. The van der Waals surface area contributed by atoms with Crippen LogP contribution in [0.4, 0.5) is 5.82 Å². The number of methoxy groups -OCH3 is 1. The van der Waals surface area contributed by atoms with Crippen LogP contribution in [0.5, 0.6) is 0 Å². The van der Waals surface area contributed by atoms with Gasteiger partial charge in [-0.2, -0.15) is 0 Å². The number of aromatic nitrogens is 2. The van der Waals surface area contributed by atoms with Gasteiger partial charge in [0.1, 0.15) is 12.4 Å². The molecule has 23 heavy (non-hydrogen) atoms. The van der Waals surface area contributed by atoms with Gasteiger partial charge in [-0.15, -0.1) is 0 Å². The third-order valence-electron chi connectivity index (χ3n) is 4.39. The highest BCUT2D eigenvalue weighted by molar-refractivity contribution is 5.41. The lowest BCUT2D eigenvalue weighted by Crippen LogP contribution is -2.43. The Morgan fingerprint density at radius 3 is 2.52 bits per heavy atom. The number of aryl methyl sites for hydroxylation is 1. The molecule has 0 saturated carbocycles. The molecule has 1 aromatic heterocycles. The van der Waals surface area contributed by atoms with Crippen molar-refractivity contribution < 1.29 is 9.84 Å². The van der Waals surface area contributed by atoms with Crippen molar-refractivity contribution in [2.45, 2.75) is 32.0 Å². The Morgan fingerprint density at radius 2 is 1.87 bits per heavy atom. The van der Waals surface area contributed by atoms with Gasteiger partial charge in [0.25, 0.3) is 0 Å². The molecule has 1 aromatic carbocycles. The van der Waals surface area contributed by atoms with Crippen molar-refractivity contribution in [2.75, 3.05) is 25.1 Å². The van der Waals surface area contributed by atoms with Crippen molar-refractivity contribution in [3.8, 4) is 0 Å². The summed E-state index contributed by atoms with van der Waals surface area (Å²) in [4.78, 5) is 11.2. The molecule has 0 unspecified atom stereocenters. The summed E-state index contributed by atoms with van der Waals surface area (Å²) in [7, 11) is 1.65. The van der Waals surface area contributed by atoms with E-state index < -0.39 is 5.60 Å². The fourth-order valence-electron chi connectivity index (χ4n) is 3.11. The maximum Gasteiger partial charge on any atom is 0.156 e. The van der Waals surface area contributed by atoms with Crippen LogP contribution >= 0.6 is 0 Å². The Hall–Kier alpha value is -1.98. The minimum absolute atomic E-state index is 0.413. The van der Waals surface area contributed by atoms with Gasteiger partial charge in [0, 0.05) is 32.0 Å². The average Bonchev–Trinajstić information content (AvgIpc) is 2.56. The number of nitrogens with zero attached hydrogens (tertiary/aromatic N) is 3. The van der Waals surface area contributed by atoms with E-state index in [-0.39, 0.29) is 0 Å². The van der Waals surface area contributed by atoms with Crippen LogP contribution in [-0.2, 0) is 16.9 Å². The molecule has 0 radical (unpaired) electrons. The molecule has 0 atom stereocenters. The Bertz CT molecular complexity index is 653. The number of aliphatic hydroxyl groups is 1. The topological polar surface area (TPSA) is 58.5 Å². The van der Waals surface area contributed by atoms with Gasteiger partial charge in [-0.05, 0) is 25.3 Å². The predicted molar refractivity (Wildman–Crippen MR) is 89.3 cm³/mol. The molecule has 1 saturated heterocycles. The first-order valence-electron chi connectivity index (χ1n) is 7.97. The minimum atomic E-state index is -0.741. The summed E-state index contributed by atoms with van der Waals surface area (Å²) in [6.45, 7) is 3.92. The zero-order valence-corrected chi connectivity index (χ0v) is 13.7. The number of benzene rings is 1. The molecule has 1 N–H and O–H groups in total. The summed E-state index contributed by atoms with van der Waals surface area (Å²) in [5.74, 6) is 1.62. The molecule has 1 aliphatic heterocycles. The highest BCUT2D eigenvalue weighted by Crippen LogP contribution is 2.34. The number of hydrogen-bond donors (Lipinski definition) is 1. The van der Waals surface area contributed by atoms with Crippen molar-refractivity contribution in [1.82, 2.24) is 9.97 Å². The third-order valence-corrected chi connectivity index (χ3v) is 4.39. The largest absolute Gasteiger partial charge is 0.385 e. The van der Waals surface area contributed by atoms with Crippen LogP contribution in [0.2, 0.25) is 0 Å². The standard InChI is InChI=1S/C18H23N3O2/c1-14-12-17(20-16(19-14)13-23-2)21-10-8-18(22,9-11-21)15-6-4-3-5-7-15/h3-7,12,22H,8-11,13H2,1-2H3. The lowest BCUT2D eigenvalue weighted by molar-refractivity contribution is 0.0116. The van der Waals surface area contributed by atoms with Gasteiger partial charge >= 0.3 is 0 Å². The monoisotopic (exact) mass is 313 g/mol. The molecular weight excluding hydrogens is 290 g/mol.